The number of hydrogen-bond acceptors (Lipinski definition) is 4. The highest BCUT2D eigenvalue weighted by atomic mass is 16.5. The third-order valence-electron chi connectivity index (χ3n) is 3.10. The van der Waals surface area contributed by atoms with Gasteiger partial charge in [0.05, 0.1) is 11.7 Å². The van der Waals surface area contributed by atoms with E-state index < -0.39 is 6.10 Å². The number of benzene rings is 1. The molecule has 0 aromatic heterocycles. The van der Waals surface area contributed by atoms with Gasteiger partial charge >= 0.3 is 0 Å². The number of carbonyl (C=O) groups is 1. The highest BCUT2D eigenvalue weighted by molar-refractivity contribution is 5.94. The Hall–Kier alpha value is -2.06. The number of nitriles is 1. The average molecular weight is 304 g/mol. The van der Waals surface area contributed by atoms with Crippen LogP contribution in [0.25, 0.3) is 0 Å². The second-order valence-corrected chi connectivity index (χ2v) is 5.27. The molecule has 0 aliphatic heterocycles. The van der Waals surface area contributed by atoms with Gasteiger partial charge in [0.15, 0.2) is 0 Å². The zero-order valence-corrected chi connectivity index (χ0v) is 13.5. The molecule has 0 fully saturated rings. The first-order valence-electron chi connectivity index (χ1n) is 7.67. The summed E-state index contributed by atoms with van der Waals surface area (Å²) >= 11 is 0. The van der Waals surface area contributed by atoms with E-state index in [9.17, 15) is 15.2 Å². The maximum Gasteiger partial charge on any atom is 0.253 e. The Morgan fingerprint density at radius 2 is 2.00 bits per heavy atom. The molecular weight excluding hydrogens is 280 g/mol. The SMILES string of the molecule is CCCN(CCC)C(=O)c1ccc(OCC(C)O)c(C#N)c1. The number of nitrogens with zero attached hydrogens (tertiary/aromatic N) is 2. The van der Waals surface area contributed by atoms with Crippen LogP contribution in [0, 0.1) is 11.3 Å². The van der Waals surface area contributed by atoms with Gasteiger partial charge in [0.1, 0.15) is 18.4 Å². The van der Waals surface area contributed by atoms with Gasteiger partial charge in [-0.1, -0.05) is 13.8 Å². The topological polar surface area (TPSA) is 73.6 Å². The molecule has 1 unspecified atom stereocenters. The van der Waals surface area contributed by atoms with Crippen molar-refractivity contribution in [1.82, 2.24) is 4.90 Å². The van der Waals surface area contributed by atoms with Crippen molar-refractivity contribution in [2.75, 3.05) is 19.7 Å². The minimum absolute atomic E-state index is 0.0673. The van der Waals surface area contributed by atoms with Gasteiger partial charge in [-0.2, -0.15) is 5.26 Å². The summed E-state index contributed by atoms with van der Waals surface area (Å²) in [7, 11) is 0. The molecule has 0 heterocycles. The van der Waals surface area contributed by atoms with E-state index in [1.54, 1.807) is 30.0 Å². The van der Waals surface area contributed by atoms with Gasteiger partial charge in [-0.25, -0.2) is 0 Å². The minimum atomic E-state index is -0.613. The van der Waals surface area contributed by atoms with E-state index in [2.05, 4.69) is 0 Å². The second kappa shape index (κ2) is 9.06. The molecule has 22 heavy (non-hydrogen) atoms. The van der Waals surface area contributed by atoms with E-state index in [4.69, 9.17) is 4.74 Å². The highest BCUT2D eigenvalue weighted by Gasteiger charge is 2.16. The number of hydrogen-bond donors (Lipinski definition) is 1. The molecule has 120 valence electrons. The van der Waals surface area contributed by atoms with Crippen LogP contribution in [0.3, 0.4) is 0 Å². The largest absolute Gasteiger partial charge is 0.490 e. The fraction of sp³-hybridized carbons (Fsp3) is 0.529. The normalized spacial score (nSPS) is 11.6. The van der Waals surface area contributed by atoms with Crippen molar-refractivity contribution in [3.8, 4) is 11.8 Å². The molecule has 1 amide bonds. The van der Waals surface area contributed by atoms with Crippen molar-refractivity contribution in [3.05, 3.63) is 29.3 Å². The van der Waals surface area contributed by atoms with Crippen molar-refractivity contribution in [3.63, 3.8) is 0 Å². The maximum atomic E-state index is 12.5. The third-order valence-corrected chi connectivity index (χ3v) is 3.10. The van der Waals surface area contributed by atoms with Gasteiger partial charge in [0.2, 0.25) is 0 Å². The van der Waals surface area contributed by atoms with Gasteiger partial charge in [-0.05, 0) is 38.0 Å². The number of ether oxygens (including phenoxy) is 1. The van der Waals surface area contributed by atoms with Crippen LogP contribution in [-0.4, -0.2) is 41.7 Å². The van der Waals surface area contributed by atoms with E-state index in [1.807, 2.05) is 19.9 Å². The predicted molar refractivity (Wildman–Crippen MR) is 84.8 cm³/mol. The Morgan fingerprint density at radius 1 is 1.36 bits per heavy atom. The molecular formula is C17H24N2O3. The molecule has 1 aromatic rings. The van der Waals surface area contributed by atoms with Crippen LogP contribution in [0.5, 0.6) is 5.75 Å². The first-order chi connectivity index (χ1) is 10.5. The van der Waals surface area contributed by atoms with Crippen LogP contribution in [0.1, 0.15) is 49.5 Å². The Labute approximate surface area is 132 Å². The van der Waals surface area contributed by atoms with Gasteiger partial charge in [-0.3, -0.25) is 4.79 Å². The molecule has 0 bridgehead atoms. The van der Waals surface area contributed by atoms with Crippen LogP contribution in [0.4, 0.5) is 0 Å². The van der Waals surface area contributed by atoms with Crippen LogP contribution < -0.4 is 4.74 Å². The Balaban J connectivity index is 2.96. The molecule has 0 aliphatic rings. The lowest BCUT2D eigenvalue weighted by Crippen LogP contribution is -2.32. The Kier molecular flexibility index (Phi) is 7.41. The highest BCUT2D eigenvalue weighted by Crippen LogP contribution is 2.21. The van der Waals surface area contributed by atoms with Crippen LogP contribution in [-0.2, 0) is 0 Å². The average Bonchev–Trinajstić information content (AvgIpc) is 2.51. The smallest absolute Gasteiger partial charge is 0.253 e. The summed E-state index contributed by atoms with van der Waals surface area (Å²) in [4.78, 5) is 14.3. The molecule has 0 saturated carbocycles. The van der Waals surface area contributed by atoms with Crippen molar-refractivity contribution >= 4 is 5.91 Å². The monoisotopic (exact) mass is 304 g/mol. The van der Waals surface area contributed by atoms with E-state index in [0.717, 1.165) is 12.8 Å². The molecule has 1 atom stereocenters. The van der Waals surface area contributed by atoms with Crippen molar-refractivity contribution in [2.24, 2.45) is 0 Å². The quantitative estimate of drug-likeness (QED) is 0.801. The lowest BCUT2D eigenvalue weighted by Gasteiger charge is -2.21. The minimum Gasteiger partial charge on any atom is -0.490 e. The number of aliphatic hydroxyl groups excluding tert-OH is 1. The second-order valence-electron chi connectivity index (χ2n) is 5.27. The zero-order valence-electron chi connectivity index (χ0n) is 13.5. The van der Waals surface area contributed by atoms with E-state index in [1.165, 1.54) is 0 Å². The van der Waals surface area contributed by atoms with E-state index in [-0.39, 0.29) is 12.5 Å². The molecule has 0 saturated heterocycles. The zero-order chi connectivity index (χ0) is 16.5. The lowest BCUT2D eigenvalue weighted by atomic mass is 10.1. The molecule has 1 rings (SSSR count). The Morgan fingerprint density at radius 3 is 2.50 bits per heavy atom. The standard InChI is InChI=1S/C17H24N2O3/c1-4-8-19(9-5-2)17(21)14-6-7-16(15(10-14)11-18)22-12-13(3)20/h6-7,10,13,20H,4-5,8-9,12H2,1-3H3. The molecule has 1 aromatic carbocycles. The molecule has 0 radical (unpaired) electrons. The van der Waals surface area contributed by atoms with Crippen LogP contribution >= 0.6 is 0 Å². The molecule has 0 aliphatic carbocycles. The predicted octanol–water partition coefficient (Wildman–Crippen LogP) is 2.58. The first kappa shape index (κ1) is 18.0. The van der Waals surface area contributed by atoms with Gasteiger partial charge in [-0.15, -0.1) is 0 Å². The maximum absolute atomic E-state index is 12.5. The van der Waals surface area contributed by atoms with Crippen molar-refractivity contribution < 1.29 is 14.6 Å². The van der Waals surface area contributed by atoms with Gasteiger partial charge in [0, 0.05) is 18.7 Å². The van der Waals surface area contributed by atoms with Gasteiger partial charge < -0.3 is 14.7 Å². The molecule has 0 spiro atoms. The molecule has 5 heteroatoms. The number of aliphatic hydroxyl groups is 1. The van der Waals surface area contributed by atoms with Crippen molar-refractivity contribution in [2.45, 2.75) is 39.7 Å². The van der Waals surface area contributed by atoms with Crippen LogP contribution in [0.2, 0.25) is 0 Å². The number of amides is 1. The molecule has 5 nitrogen and oxygen atoms in total. The summed E-state index contributed by atoms with van der Waals surface area (Å²) in [6.07, 6.45) is 1.18. The fourth-order valence-corrected chi connectivity index (χ4v) is 2.12. The fourth-order valence-electron chi connectivity index (χ4n) is 2.12. The summed E-state index contributed by atoms with van der Waals surface area (Å²) in [5.74, 6) is 0.319. The summed E-state index contributed by atoms with van der Waals surface area (Å²) in [5.41, 5.74) is 0.794. The number of rotatable bonds is 8. The summed E-state index contributed by atoms with van der Waals surface area (Å²) in [6.45, 7) is 7.19. The first-order valence-corrected chi connectivity index (χ1v) is 7.67. The summed E-state index contributed by atoms with van der Waals surface area (Å²) in [5, 5.41) is 18.5. The van der Waals surface area contributed by atoms with E-state index in [0.29, 0.717) is 30.0 Å². The molecule has 1 N–H and O–H groups in total. The lowest BCUT2D eigenvalue weighted by molar-refractivity contribution is 0.0755. The third kappa shape index (κ3) is 5.05. The summed E-state index contributed by atoms with van der Waals surface area (Å²) in [6, 6.07) is 6.87. The van der Waals surface area contributed by atoms with Gasteiger partial charge in [0.25, 0.3) is 5.91 Å². The van der Waals surface area contributed by atoms with E-state index >= 15 is 0 Å². The summed E-state index contributed by atoms with van der Waals surface area (Å²) < 4.78 is 5.38. The van der Waals surface area contributed by atoms with Crippen molar-refractivity contribution in [1.29, 1.82) is 5.26 Å². The Bertz CT molecular complexity index is 529. The number of carbonyl (C=O) groups excluding carboxylic acids is 1. The van der Waals surface area contributed by atoms with Crippen LogP contribution in [0.15, 0.2) is 18.2 Å².